The molecule has 1 aromatic heterocycles. The topological polar surface area (TPSA) is 106 Å². The summed E-state index contributed by atoms with van der Waals surface area (Å²) in [5.41, 5.74) is 0.584. The largest absolute Gasteiger partial charge is 0.378 e. The van der Waals surface area contributed by atoms with Gasteiger partial charge in [0.05, 0.1) is 18.1 Å². The molecule has 2 saturated heterocycles. The number of rotatable bonds is 4. The molecule has 2 fully saturated rings. The molecule has 9 nitrogen and oxygen atoms in total. The van der Waals surface area contributed by atoms with Gasteiger partial charge in [-0.2, -0.15) is 9.29 Å². The van der Waals surface area contributed by atoms with E-state index < -0.39 is 10.0 Å². The van der Waals surface area contributed by atoms with Crippen molar-refractivity contribution >= 4 is 15.9 Å². The molecule has 0 radical (unpaired) electrons. The molecule has 2 aliphatic rings. The quantitative estimate of drug-likeness (QED) is 0.734. The Labute approximate surface area is 169 Å². The van der Waals surface area contributed by atoms with Gasteiger partial charge >= 0.3 is 0 Å². The highest BCUT2D eigenvalue weighted by Gasteiger charge is 2.34. The summed E-state index contributed by atoms with van der Waals surface area (Å²) >= 11 is 0. The second-order valence-electron chi connectivity index (χ2n) is 7.28. The van der Waals surface area contributed by atoms with Gasteiger partial charge in [0, 0.05) is 44.6 Å². The summed E-state index contributed by atoms with van der Waals surface area (Å²) in [5.74, 6) is 0.752. The molecule has 2 aromatic rings. The Balaban J connectivity index is 1.44. The Morgan fingerprint density at radius 2 is 1.86 bits per heavy atom. The van der Waals surface area contributed by atoms with Gasteiger partial charge in [-0.3, -0.25) is 4.79 Å². The lowest BCUT2D eigenvalue weighted by Crippen LogP contribution is -2.47. The van der Waals surface area contributed by atoms with Gasteiger partial charge in [0.1, 0.15) is 0 Å². The number of nitrogens with zero attached hydrogens (tertiary/aromatic N) is 4. The smallest absolute Gasteiger partial charge is 0.243 e. The van der Waals surface area contributed by atoms with Gasteiger partial charge in [-0.15, -0.1) is 0 Å². The molecular weight excluding hydrogens is 396 g/mol. The molecule has 0 N–H and O–H groups in total. The lowest BCUT2D eigenvalue weighted by molar-refractivity contribution is -0.140. The number of piperidine rings is 1. The molecule has 1 amide bonds. The van der Waals surface area contributed by atoms with Crippen LogP contribution in [0.1, 0.15) is 18.7 Å². The van der Waals surface area contributed by atoms with E-state index in [9.17, 15) is 13.2 Å². The van der Waals surface area contributed by atoms with Crippen LogP contribution in [0.5, 0.6) is 0 Å². The van der Waals surface area contributed by atoms with Crippen LogP contribution in [0.3, 0.4) is 0 Å². The Morgan fingerprint density at radius 1 is 1.14 bits per heavy atom. The standard InChI is InChI=1S/C19H24N4O5S/c1-14-20-18(21-28-14)16-3-2-4-17(13-16)29(25,26)23-7-5-15(6-8-23)19(24)22-9-11-27-12-10-22/h2-4,13,15H,5-12H2,1H3. The Morgan fingerprint density at radius 3 is 2.52 bits per heavy atom. The van der Waals surface area contributed by atoms with Crippen molar-refractivity contribution in [3.63, 3.8) is 0 Å². The van der Waals surface area contributed by atoms with Crippen molar-refractivity contribution in [3.05, 3.63) is 30.2 Å². The van der Waals surface area contributed by atoms with Crippen LogP contribution in [0.25, 0.3) is 11.4 Å². The number of carbonyl (C=O) groups is 1. The number of morpholine rings is 1. The summed E-state index contributed by atoms with van der Waals surface area (Å²) in [6, 6.07) is 6.54. The zero-order chi connectivity index (χ0) is 20.4. The maximum Gasteiger partial charge on any atom is 0.243 e. The van der Waals surface area contributed by atoms with Crippen LogP contribution < -0.4 is 0 Å². The molecule has 0 atom stereocenters. The van der Waals surface area contributed by atoms with Crippen molar-refractivity contribution in [1.29, 1.82) is 0 Å². The third kappa shape index (κ3) is 4.19. The van der Waals surface area contributed by atoms with Crippen molar-refractivity contribution in [2.75, 3.05) is 39.4 Å². The summed E-state index contributed by atoms with van der Waals surface area (Å²) in [7, 11) is -3.66. The SMILES string of the molecule is Cc1nc(-c2cccc(S(=O)(=O)N3CCC(C(=O)N4CCOCC4)CC3)c2)no1. The zero-order valence-corrected chi connectivity index (χ0v) is 17.1. The van der Waals surface area contributed by atoms with Gasteiger partial charge in [-0.05, 0) is 25.0 Å². The maximum atomic E-state index is 13.1. The van der Waals surface area contributed by atoms with Gasteiger partial charge in [-0.1, -0.05) is 17.3 Å². The number of benzene rings is 1. The molecule has 0 unspecified atom stereocenters. The van der Waals surface area contributed by atoms with Gasteiger partial charge in [0.25, 0.3) is 0 Å². The van der Waals surface area contributed by atoms with Gasteiger partial charge < -0.3 is 14.2 Å². The Kier molecular flexibility index (Phi) is 5.66. The molecule has 3 heterocycles. The lowest BCUT2D eigenvalue weighted by Gasteiger charge is -2.35. The van der Waals surface area contributed by atoms with E-state index in [1.807, 2.05) is 4.90 Å². The summed E-state index contributed by atoms with van der Waals surface area (Å²) in [5, 5.41) is 3.85. The fourth-order valence-electron chi connectivity index (χ4n) is 3.75. The van der Waals surface area contributed by atoms with Crippen LogP contribution >= 0.6 is 0 Å². The molecule has 156 valence electrons. The molecule has 0 aliphatic carbocycles. The van der Waals surface area contributed by atoms with Crippen LogP contribution in [0.2, 0.25) is 0 Å². The number of ether oxygens (including phenoxy) is 1. The van der Waals surface area contributed by atoms with E-state index in [0.717, 1.165) is 0 Å². The Bertz CT molecular complexity index is 976. The van der Waals surface area contributed by atoms with E-state index in [1.54, 1.807) is 31.2 Å². The first-order valence-corrected chi connectivity index (χ1v) is 11.2. The van der Waals surface area contributed by atoms with Crippen molar-refractivity contribution < 1.29 is 22.5 Å². The van der Waals surface area contributed by atoms with Crippen LogP contribution in [-0.2, 0) is 19.6 Å². The minimum atomic E-state index is -3.66. The number of amides is 1. The van der Waals surface area contributed by atoms with Crippen LogP contribution in [-0.4, -0.2) is 73.1 Å². The number of carbonyl (C=O) groups excluding carboxylic acids is 1. The van der Waals surface area contributed by atoms with E-state index in [-0.39, 0.29) is 16.7 Å². The van der Waals surface area contributed by atoms with Gasteiger partial charge in [-0.25, -0.2) is 8.42 Å². The van der Waals surface area contributed by atoms with E-state index in [0.29, 0.717) is 69.5 Å². The summed E-state index contributed by atoms with van der Waals surface area (Å²) < 4.78 is 37.9. The molecule has 2 aliphatic heterocycles. The first kappa shape index (κ1) is 20.0. The number of aryl methyl sites for hydroxylation is 1. The molecule has 1 aromatic carbocycles. The monoisotopic (exact) mass is 420 g/mol. The second kappa shape index (κ2) is 8.21. The number of hydrogen-bond acceptors (Lipinski definition) is 7. The van der Waals surface area contributed by atoms with E-state index in [2.05, 4.69) is 10.1 Å². The number of aromatic nitrogens is 2. The van der Waals surface area contributed by atoms with Crippen LogP contribution in [0.4, 0.5) is 0 Å². The molecular formula is C19H24N4O5S. The molecule has 0 spiro atoms. The molecule has 0 bridgehead atoms. The summed E-state index contributed by atoms with van der Waals surface area (Å²) in [6.45, 7) is 4.69. The highest BCUT2D eigenvalue weighted by Crippen LogP contribution is 2.27. The molecule has 10 heteroatoms. The average Bonchev–Trinajstić information content (AvgIpc) is 3.20. The first-order valence-electron chi connectivity index (χ1n) is 9.72. The van der Waals surface area contributed by atoms with Crippen LogP contribution in [0, 0.1) is 12.8 Å². The Hall–Kier alpha value is -2.30. The van der Waals surface area contributed by atoms with Crippen LogP contribution in [0.15, 0.2) is 33.7 Å². The molecule has 29 heavy (non-hydrogen) atoms. The normalized spacial score (nSPS) is 19.4. The van der Waals surface area contributed by atoms with Gasteiger partial charge in [0.2, 0.25) is 27.6 Å². The fourth-order valence-corrected chi connectivity index (χ4v) is 5.26. The predicted molar refractivity (Wildman–Crippen MR) is 103 cm³/mol. The van der Waals surface area contributed by atoms with Crippen molar-refractivity contribution in [2.24, 2.45) is 5.92 Å². The van der Waals surface area contributed by atoms with E-state index in [1.165, 1.54) is 4.31 Å². The highest BCUT2D eigenvalue weighted by atomic mass is 32.2. The van der Waals surface area contributed by atoms with Crippen molar-refractivity contribution in [3.8, 4) is 11.4 Å². The second-order valence-corrected chi connectivity index (χ2v) is 9.22. The number of sulfonamides is 1. The zero-order valence-electron chi connectivity index (χ0n) is 16.3. The van der Waals surface area contributed by atoms with E-state index >= 15 is 0 Å². The first-order chi connectivity index (χ1) is 13.9. The van der Waals surface area contributed by atoms with E-state index in [4.69, 9.17) is 9.26 Å². The van der Waals surface area contributed by atoms with Gasteiger partial charge in [0.15, 0.2) is 0 Å². The highest BCUT2D eigenvalue weighted by molar-refractivity contribution is 7.89. The maximum absolute atomic E-state index is 13.1. The molecule has 4 rings (SSSR count). The summed E-state index contributed by atoms with van der Waals surface area (Å²) in [6.07, 6.45) is 1.05. The summed E-state index contributed by atoms with van der Waals surface area (Å²) in [4.78, 5) is 18.8. The van der Waals surface area contributed by atoms with Crippen molar-refractivity contribution in [1.82, 2.24) is 19.3 Å². The predicted octanol–water partition coefficient (Wildman–Crippen LogP) is 1.30. The average molecular weight is 420 g/mol. The minimum Gasteiger partial charge on any atom is -0.378 e. The third-order valence-corrected chi connectivity index (χ3v) is 7.28. The number of hydrogen-bond donors (Lipinski definition) is 0. The lowest BCUT2D eigenvalue weighted by atomic mass is 9.96. The minimum absolute atomic E-state index is 0.111. The fraction of sp³-hybridized carbons (Fsp3) is 0.526. The molecule has 0 saturated carbocycles. The van der Waals surface area contributed by atoms with Crippen molar-refractivity contribution in [2.45, 2.75) is 24.7 Å². The third-order valence-electron chi connectivity index (χ3n) is 5.38.